The SMILES string of the molecule is NN=Cc1cccc(CN2CC(N)CC2=O)c1.O=C(O)C(F)(F)F. The van der Waals surface area contributed by atoms with E-state index < -0.39 is 12.1 Å². The Hall–Kier alpha value is -2.62. The van der Waals surface area contributed by atoms with Gasteiger partial charge in [-0.1, -0.05) is 18.2 Å². The van der Waals surface area contributed by atoms with E-state index in [4.69, 9.17) is 21.5 Å². The molecule has 1 saturated heterocycles. The van der Waals surface area contributed by atoms with Crippen LogP contribution in [-0.4, -0.2) is 46.9 Å². The molecule has 1 atom stereocenters. The molecular formula is C14H17F3N4O3. The Morgan fingerprint density at radius 2 is 2.08 bits per heavy atom. The summed E-state index contributed by atoms with van der Waals surface area (Å²) in [4.78, 5) is 22.3. The number of hydrazone groups is 1. The normalized spacial score (nSPS) is 17.8. The average molecular weight is 346 g/mol. The van der Waals surface area contributed by atoms with Crippen molar-refractivity contribution in [2.75, 3.05) is 6.54 Å². The van der Waals surface area contributed by atoms with Gasteiger partial charge in [0.2, 0.25) is 5.91 Å². The molecule has 0 radical (unpaired) electrons. The van der Waals surface area contributed by atoms with Crippen molar-refractivity contribution in [3.63, 3.8) is 0 Å². The molecule has 0 aromatic heterocycles. The summed E-state index contributed by atoms with van der Waals surface area (Å²) >= 11 is 0. The minimum Gasteiger partial charge on any atom is -0.475 e. The highest BCUT2D eigenvalue weighted by Gasteiger charge is 2.38. The topological polar surface area (TPSA) is 122 Å². The van der Waals surface area contributed by atoms with Gasteiger partial charge in [0.05, 0.1) is 6.21 Å². The van der Waals surface area contributed by atoms with Crippen LogP contribution in [0, 0.1) is 0 Å². The largest absolute Gasteiger partial charge is 0.490 e. The molecule has 1 aliphatic rings. The second kappa shape index (κ2) is 8.29. The number of amides is 1. The quantitative estimate of drug-likeness (QED) is 0.422. The first kappa shape index (κ1) is 19.4. The third kappa shape index (κ3) is 6.24. The summed E-state index contributed by atoms with van der Waals surface area (Å²) in [5, 5.41) is 10.6. The van der Waals surface area contributed by atoms with Gasteiger partial charge in [0, 0.05) is 25.6 Å². The molecule has 1 unspecified atom stereocenters. The van der Waals surface area contributed by atoms with Gasteiger partial charge >= 0.3 is 12.1 Å². The summed E-state index contributed by atoms with van der Waals surface area (Å²) in [5.74, 6) is 2.47. The molecule has 2 rings (SSSR count). The molecule has 0 spiro atoms. The lowest BCUT2D eigenvalue weighted by molar-refractivity contribution is -0.192. The zero-order valence-corrected chi connectivity index (χ0v) is 12.5. The lowest BCUT2D eigenvalue weighted by Gasteiger charge is -2.16. The zero-order chi connectivity index (χ0) is 18.3. The summed E-state index contributed by atoms with van der Waals surface area (Å²) < 4.78 is 31.7. The van der Waals surface area contributed by atoms with Gasteiger partial charge in [-0.2, -0.15) is 18.3 Å². The predicted molar refractivity (Wildman–Crippen MR) is 79.9 cm³/mol. The van der Waals surface area contributed by atoms with Gasteiger partial charge in [-0.25, -0.2) is 4.79 Å². The van der Waals surface area contributed by atoms with E-state index in [1.54, 1.807) is 11.1 Å². The molecule has 0 saturated carbocycles. The number of likely N-dealkylation sites (tertiary alicyclic amines) is 1. The Morgan fingerprint density at radius 1 is 1.46 bits per heavy atom. The second-order valence-corrected chi connectivity index (χ2v) is 5.06. The Kier molecular flexibility index (Phi) is 6.71. The summed E-state index contributed by atoms with van der Waals surface area (Å²) in [6.45, 7) is 1.23. The van der Waals surface area contributed by atoms with Crippen LogP contribution in [0.2, 0.25) is 0 Å². The summed E-state index contributed by atoms with van der Waals surface area (Å²) in [6, 6.07) is 7.75. The maximum atomic E-state index is 11.6. The first-order valence-corrected chi connectivity index (χ1v) is 6.79. The van der Waals surface area contributed by atoms with E-state index in [2.05, 4.69) is 5.10 Å². The number of hydrogen-bond acceptors (Lipinski definition) is 5. The van der Waals surface area contributed by atoms with Crippen LogP contribution in [0.25, 0.3) is 0 Å². The molecule has 0 aliphatic carbocycles. The Morgan fingerprint density at radius 3 is 2.54 bits per heavy atom. The van der Waals surface area contributed by atoms with Crippen LogP contribution in [-0.2, 0) is 16.1 Å². The van der Waals surface area contributed by atoms with Crippen molar-refractivity contribution in [1.82, 2.24) is 4.90 Å². The molecule has 1 aromatic rings. The van der Waals surface area contributed by atoms with Crippen molar-refractivity contribution in [2.24, 2.45) is 16.7 Å². The standard InChI is InChI=1S/C12H16N4O.C2HF3O2/c13-11-5-12(17)16(8-11)7-10-3-1-2-9(4-10)6-15-14;3-2(4,5)1(6)7/h1-4,6,11H,5,7-8,13-14H2;(H,6,7). The first-order valence-electron chi connectivity index (χ1n) is 6.79. The van der Waals surface area contributed by atoms with Crippen LogP contribution in [0.15, 0.2) is 29.4 Å². The highest BCUT2D eigenvalue weighted by atomic mass is 19.4. The number of nitrogens with two attached hydrogens (primary N) is 2. The van der Waals surface area contributed by atoms with E-state index >= 15 is 0 Å². The smallest absolute Gasteiger partial charge is 0.475 e. The third-order valence-electron chi connectivity index (χ3n) is 3.03. The summed E-state index contributed by atoms with van der Waals surface area (Å²) in [7, 11) is 0. The fourth-order valence-corrected chi connectivity index (χ4v) is 2.03. The van der Waals surface area contributed by atoms with Crippen LogP contribution >= 0.6 is 0 Å². The number of benzene rings is 1. The predicted octanol–water partition coefficient (Wildman–Crippen LogP) is 0.672. The average Bonchev–Trinajstić information content (AvgIpc) is 2.77. The number of carboxylic acid groups (broad SMARTS) is 1. The van der Waals surface area contributed by atoms with Crippen LogP contribution in [0.3, 0.4) is 0 Å². The lowest BCUT2D eigenvalue weighted by Crippen LogP contribution is -2.27. The number of carboxylic acids is 1. The monoisotopic (exact) mass is 346 g/mol. The summed E-state index contributed by atoms with van der Waals surface area (Å²) in [5.41, 5.74) is 7.74. The molecule has 132 valence electrons. The van der Waals surface area contributed by atoms with E-state index in [1.165, 1.54) is 0 Å². The van der Waals surface area contributed by atoms with Crippen LogP contribution in [0.4, 0.5) is 13.2 Å². The fraction of sp³-hybridized carbons (Fsp3) is 0.357. The number of carbonyl (C=O) groups is 2. The first-order chi connectivity index (χ1) is 11.1. The van der Waals surface area contributed by atoms with E-state index in [1.807, 2.05) is 24.3 Å². The van der Waals surface area contributed by atoms with Crippen LogP contribution < -0.4 is 11.6 Å². The van der Waals surface area contributed by atoms with E-state index in [-0.39, 0.29) is 11.9 Å². The number of alkyl halides is 3. The highest BCUT2D eigenvalue weighted by Crippen LogP contribution is 2.14. The van der Waals surface area contributed by atoms with E-state index in [0.29, 0.717) is 19.5 Å². The van der Waals surface area contributed by atoms with E-state index in [0.717, 1.165) is 11.1 Å². The number of nitrogens with zero attached hydrogens (tertiary/aromatic N) is 2. The molecule has 0 bridgehead atoms. The van der Waals surface area contributed by atoms with Crippen molar-refractivity contribution >= 4 is 18.1 Å². The Balaban J connectivity index is 0.000000351. The molecule has 1 fully saturated rings. The molecule has 24 heavy (non-hydrogen) atoms. The molecule has 1 aromatic carbocycles. The second-order valence-electron chi connectivity index (χ2n) is 5.06. The fourth-order valence-electron chi connectivity index (χ4n) is 2.03. The number of carbonyl (C=O) groups excluding carboxylic acids is 1. The number of hydrogen-bond donors (Lipinski definition) is 3. The third-order valence-corrected chi connectivity index (χ3v) is 3.03. The Bertz CT molecular complexity index is 620. The van der Waals surface area contributed by atoms with Crippen molar-refractivity contribution in [3.05, 3.63) is 35.4 Å². The van der Waals surface area contributed by atoms with Gasteiger partial charge in [0.25, 0.3) is 0 Å². The minimum absolute atomic E-state index is 0.0312. The maximum absolute atomic E-state index is 11.6. The van der Waals surface area contributed by atoms with Gasteiger partial charge in [-0.15, -0.1) is 0 Å². The molecule has 7 nitrogen and oxygen atoms in total. The minimum atomic E-state index is -5.08. The molecule has 1 heterocycles. The van der Waals surface area contributed by atoms with E-state index in [9.17, 15) is 18.0 Å². The van der Waals surface area contributed by atoms with Crippen molar-refractivity contribution in [2.45, 2.75) is 25.2 Å². The molecule has 5 N–H and O–H groups in total. The molecular weight excluding hydrogens is 329 g/mol. The highest BCUT2D eigenvalue weighted by molar-refractivity contribution is 5.80. The molecule has 10 heteroatoms. The number of halogens is 3. The van der Waals surface area contributed by atoms with Crippen LogP contribution in [0.1, 0.15) is 17.5 Å². The van der Waals surface area contributed by atoms with Gasteiger partial charge in [-0.05, 0) is 17.2 Å². The van der Waals surface area contributed by atoms with Crippen molar-refractivity contribution < 1.29 is 27.9 Å². The van der Waals surface area contributed by atoms with Gasteiger partial charge < -0.3 is 21.6 Å². The van der Waals surface area contributed by atoms with Gasteiger partial charge in [0.15, 0.2) is 0 Å². The summed E-state index contributed by atoms with van der Waals surface area (Å²) in [6.07, 6.45) is -3.05. The number of aliphatic carboxylic acids is 1. The molecule has 1 amide bonds. The zero-order valence-electron chi connectivity index (χ0n) is 12.5. The Labute approximate surface area is 135 Å². The van der Waals surface area contributed by atoms with Crippen molar-refractivity contribution in [3.8, 4) is 0 Å². The molecule has 1 aliphatic heterocycles. The number of rotatable bonds is 3. The van der Waals surface area contributed by atoms with Crippen LogP contribution in [0.5, 0.6) is 0 Å². The lowest BCUT2D eigenvalue weighted by atomic mass is 10.1. The maximum Gasteiger partial charge on any atom is 0.490 e. The van der Waals surface area contributed by atoms with Gasteiger partial charge in [-0.3, -0.25) is 4.79 Å². The van der Waals surface area contributed by atoms with Gasteiger partial charge in [0.1, 0.15) is 0 Å². The van der Waals surface area contributed by atoms with Crippen molar-refractivity contribution in [1.29, 1.82) is 0 Å².